The van der Waals surface area contributed by atoms with E-state index in [1.165, 1.54) is 19.1 Å². The van der Waals surface area contributed by atoms with Gasteiger partial charge in [-0.25, -0.2) is 13.6 Å². The Bertz CT molecular complexity index is 957. The Balaban J connectivity index is 1.59. The van der Waals surface area contributed by atoms with Gasteiger partial charge in [-0.05, 0) is 31.2 Å². The van der Waals surface area contributed by atoms with Crippen molar-refractivity contribution in [3.8, 4) is 0 Å². The van der Waals surface area contributed by atoms with Gasteiger partial charge in [0.2, 0.25) is 0 Å². The van der Waals surface area contributed by atoms with Crippen LogP contribution in [0.15, 0.2) is 42.5 Å². The number of amides is 3. The Hall–Kier alpha value is -3.62. The predicted octanol–water partition coefficient (Wildman–Crippen LogP) is 2.13. The third-order valence-corrected chi connectivity index (χ3v) is 4.10. The number of nitrogens with one attached hydrogen (secondary N) is 1. The maximum absolute atomic E-state index is 13.1. The molecule has 0 saturated carbocycles. The van der Waals surface area contributed by atoms with Gasteiger partial charge in [-0.15, -0.1) is 0 Å². The molecule has 0 spiro atoms. The summed E-state index contributed by atoms with van der Waals surface area (Å²) in [6, 6.07) is 7.64. The molecule has 1 aliphatic rings. The summed E-state index contributed by atoms with van der Waals surface area (Å²) >= 11 is 0. The number of benzene rings is 2. The van der Waals surface area contributed by atoms with Gasteiger partial charge in [-0.3, -0.25) is 19.3 Å². The summed E-state index contributed by atoms with van der Waals surface area (Å²) in [5, 5.41) is 2.24. The second-order valence-electron chi connectivity index (χ2n) is 5.99. The maximum atomic E-state index is 13.1. The van der Waals surface area contributed by atoms with Crippen molar-refractivity contribution in [2.24, 2.45) is 0 Å². The Morgan fingerprint density at radius 3 is 2.21 bits per heavy atom. The van der Waals surface area contributed by atoms with Crippen LogP contribution in [0.5, 0.6) is 0 Å². The monoisotopic (exact) mass is 388 g/mol. The third kappa shape index (κ3) is 3.59. The van der Waals surface area contributed by atoms with Gasteiger partial charge in [0.1, 0.15) is 6.04 Å². The van der Waals surface area contributed by atoms with Crippen LogP contribution in [0.25, 0.3) is 0 Å². The van der Waals surface area contributed by atoms with Gasteiger partial charge in [-0.2, -0.15) is 0 Å². The standard InChI is InChI=1S/C19H14F2N2O5/c1-10(23-17(25)12-4-2-3-5-13(12)18(23)26)19(27)28-9-16(24)22-11-6-7-14(20)15(21)8-11/h2-8,10H,9H2,1H3,(H,22,24)/t10-/m0/s1. The summed E-state index contributed by atoms with van der Waals surface area (Å²) < 4.78 is 30.8. The van der Waals surface area contributed by atoms with E-state index in [1.807, 2.05) is 0 Å². The van der Waals surface area contributed by atoms with E-state index in [1.54, 1.807) is 12.1 Å². The Morgan fingerprint density at radius 2 is 1.64 bits per heavy atom. The van der Waals surface area contributed by atoms with E-state index in [4.69, 9.17) is 4.74 Å². The number of esters is 1. The summed E-state index contributed by atoms with van der Waals surface area (Å²) in [4.78, 5) is 49.4. The molecule has 7 nitrogen and oxygen atoms in total. The number of carbonyl (C=O) groups excluding carboxylic acids is 4. The molecule has 1 atom stereocenters. The molecular weight excluding hydrogens is 374 g/mol. The summed E-state index contributed by atoms with van der Waals surface area (Å²) in [5.41, 5.74) is 0.347. The zero-order valence-corrected chi connectivity index (χ0v) is 14.6. The van der Waals surface area contributed by atoms with Gasteiger partial charge < -0.3 is 10.1 Å². The van der Waals surface area contributed by atoms with Crippen LogP contribution in [0.2, 0.25) is 0 Å². The van der Waals surface area contributed by atoms with Crippen LogP contribution in [0, 0.1) is 11.6 Å². The lowest BCUT2D eigenvalue weighted by molar-refractivity contribution is -0.150. The van der Waals surface area contributed by atoms with Crippen LogP contribution >= 0.6 is 0 Å². The number of ether oxygens (including phenoxy) is 1. The van der Waals surface area contributed by atoms with Crippen molar-refractivity contribution in [1.29, 1.82) is 0 Å². The average Bonchev–Trinajstić information content (AvgIpc) is 2.93. The van der Waals surface area contributed by atoms with E-state index in [0.29, 0.717) is 0 Å². The minimum absolute atomic E-state index is 0.0201. The van der Waals surface area contributed by atoms with Gasteiger partial charge in [0.15, 0.2) is 18.2 Å². The van der Waals surface area contributed by atoms with Crippen molar-refractivity contribution in [1.82, 2.24) is 4.90 Å². The lowest BCUT2D eigenvalue weighted by Crippen LogP contribution is -2.44. The molecule has 28 heavy (non-hydrogen) atoms. The highest BCUT2D eigenvalue weighted by molar-refractivity contribution is 6.22. The van der Waals surface area contributed by atoms with Crippen molar-refractivity contribution < 1.29 is 32.7 Å². The van der Waals surface area contributed by atoms with Gasteiger partial charge in [-0.1, -0.05) is 12.1 Å². The molecule has 3 rings (SSSR count). The van der Waals surface area contributed by atoms with Crippen LogP contribution in [-0.4, -0.2) is 41.2 Å². The lowest BCUT2D eigenvalue weighted by Gasteiger charge is -2.20. The van der Waals surface area contributed by atoms with Gasteiger partial charge >= 0.3 is 5.97 Å². The number of hydrogen-bond donors (Lipinski definition) is 1. The average molecular weight is 388 g/mol. The smallest absolute Gasteiger partial charge is 0.329 e. The molecule has 144 valence electrons. The minimum atomic E-state index is -1.25. The summed E-state index contributed by atoms with van der Waals surface area (Å²) in [6.07, 6.45) is 0. The summed E-state index contributed by atoms with van der Waals surface area (Å²) in [5.74, 6) is -5.23. The summed E-state index contributed by atoms with van der Waals surface area (Å²) in [7, 11) is 0. The molecule has 9 heteroatoms. The molecule has 0 aromatic heterocycles. The van der Waals surface area contributed by atoms with Crippen LogP contribution < -0.4 is 5.32 Å². The zero-order valence-electron chi connectivity index (χ0n) is 14.6. The number of rotatable bonds is 5. The van der Waals surface area contributed by atoms with Crippen LogP contribution in [0.1, 0.15) is 27.6 Å². The number of imide groups is 1. The van der Waals surface area contributed by atoms with E-state index < -0.39 is 48.0 Å². The fraction of sp³-hybridized carbons (Fsp3) is 0.158. The minimum Gasteiger partial charge on any atom is -0.454 e. The fourth-order valence-corrected chi connectivity index (χ4v) is 2.69. The molecule has 1 heterocycles. The van der Waals surface area contributed by atoms with Crippen LogP contribution in [0.3, 0.4) is 0 Å². The molecule has 1 N–H and O–H groups in total. The Kier molecular flexibility index (Phi) is 5.16. The van der Waals surface area contributed by atoms with Crippen LogP contribution in [-0.2, 0) is 14.3 Å². The highest BCUT2D eigenvalue weighted by Gasteiger charge is 2.41. The third-order valence-electron chi connectivity index (χ3n) is 4.10. The first kappa shape index (κ1) is 19.2. The van der Waals surface area contributed by atoms with Crippen LogP contribution in [0.4, 0.5) is 14.5 Å². The first-order valence-electron chi connectivity index (χ1n) is 8.18. The zero-order chi connectivity index (χ0) is 20.4. The highest BCUT2D eigenvalue weighted by Crippen LogP contribution is 2.24. The van der Waals surface area contributed by atoms with E-state index in [2.05, 4.69) is 5.32 Å². The molecular formula is C19H14F2N2O5. The largest absolute Gasteiger partial charge is 0.454 e. The first-order valence-corrected chi connectivity index (χ1v) is 8.18. The number of carbonyl (C=O) groups is 4. The van der Waals surface area contributed by atoms with Gasteiger partial charge in [0.25, 0.3) is 17.7 Å². The number of anilines is 1. The van der Waals surface area contributed by atoms with Gasteiger partial charge in [0, 0.05) is 11.8 Å². The second-order valence-corrected chi connectivity index (χ2v) is 5.99. The number of nitrogens with zero attached hydrogens (tertiary/aromatic N) is 1. The molecule has 2 aromatic rings. The maximum Gasteiger partial charge on any atom is 0.329 e. The molecule has 0 fully saturated rings. The molecule has 0 bridgehead atoms. The SMILES string of the molecule is C[C@@H](C(=O)OCC(=O)Nc1ccc(F)c(F)c1)N1C(=O)c2ccccc2C1=O. The van der Waals surface area contributed by atoms with Crippen molar-refractivity contribution in [3.05, 3.63) is 65.2 Å². The molecule has 0 aliphatic carbocycles. The molecule has 2 aromatic carbocycles. The van der Waals surface area contributed by atoms with E-state index in [-0.39, 0.29) is 16.8 Å². The highest BCUT2D eigenvalue weighted by atomic mass is 19.2. The second kappa shape index (κ2) is 7.55. The summed E-state index contributed by atoms with van der Waals surface area (Å²) in [6.45, 7) is 0.572. The molecule has 0 unspecified atom stereocenters. The fourth-order valence-electron chi connectivity index (χ4n) is 2.69. The number of halogens is 2. The van der Waals surface area contributed by atoms with Crippen molar-refractivity contribution >= 4 is 29.4 Å². The van der Waals surface area contributed by atoms with E-state index in [9.17, 15) is 28.0 Å². The molecule has 0 saturated heterocycles. The topological polar surface area (TPSA) is 92.8 Å². The molecule has 1 aliphatic heterocycles. The lowest BCUT2D eigenvalue weighted by atomic mass is 10.1. The predicted molar refractivity (Wildman–Crippen MR) is 92.4 cm³/mol. The van der Waals surface area contributed by atoms with Crippen molar-refractivity contribution in [2.75, 3.05) is 11.9 Å². The molecule has 0 radical (unpaired) electrons. The van der Waals surface area contributed by atoms with E-state index in [0.717, 1.165) is 23.1 Å². The number of hydrogen-bond acceptors (Lipinski definition) is 5. The van der Waals surface area contributed by atoms with Crippen molar-refractivity contribution in [2.45, 2.75) is 13.0 Å². The Labute approximate surface area is 157 Å². The van der Waals surface area contributed by atoms with Crippen molar-refractivity contribution in [3.63, 3.8) is 0 Å². The Morgan fingerprint density at radius 1 is 1.04 bits per heavy atom. The number of fused-ring (bicyclic) bond motifs is 1. The van der Waals surface area contributed by atoms with E-state index >= 15 is 0 Å². The quantitative estimate of drug-likeness (QED) is 0.626. The molecule has 3 amide bonds. The first-order chi connectivity index (χ1) is 13.3. The normalized spacial score (nSPS) is 13.9. The van der Waals surface area contributed by atoms with Gasteiger partial charge in [0.05, 0.1) is 11.1 Å².